The molecule has 0 fully saturated rings. The minimum atomic E-state index is -0.247. The van der Waals surface area contributed by atoms with E-state index in [1.54, 1.807) is 13.8 Å². The predicted octanol–water partition coefficient (Wildman–Crippen LogP) is 2.26. The zero-order chi connectivity index (χ0) is 10.8. The molecule has 0 N–H and O–H groups in total. The van der Waals surface area contributed by atoms with Crippen molar-refractivity contribution in [2.45, 2.75) is 39.5 Å². The van der Waals surface area contributed by atoms with Crippen molar-refractivity contribution in [2.75, 3.05) is 6.61 Å². The number of unbranched alkanes of at least 4 members (excludes halogenated alkanes) is 3. The molecule has 0 aliphatic rings. The normalized spacial score (nSPS) is 11.1. The summed E-state index contributed by atoms with van der Waals surface area (Å²) < 4.78 is 4.82. The molecule has 80 valence electrons. The quantitative estimate of drug-likeness (QED) is 0.273. The van der Waals surface area contributed by atoms with Crippen LogP contribution < -0.4 is 0 Å². The number of allylic oxidation sites excluding steroid dienone is 1. The van der Waals surface area contributed by atoms with Gasteiger partial charge in [-0.2, -0.15) is 0 Å². The summed E-state index contributed by atoms with van der Waals surface area (Å²) in [5, 5.41) is 0. The third-order valence-corrected chi connectivity index (χ3v) is 1.82. The van der Waals surface area contributed by atoms with Gasteiger partial charge in [0.05, 0.1) is 6.61 Å². The van der Waals surface area contributed by atoms with Crippen molar-refractivity contribution in [3.05, 3.63) is 11.6 Å². The molecule has 0 rings (SSSR count). The van der Waals surface area contributed by atoms with Crippen molar-refractivity contribution in [3.63, 3.8) is 0 Å². The number of carbonyl (C=O) groups is 2. The SMILES string of the molecule is CCOC(=O)/C(C)=C/CCCCC=O. The number of esters is 1. The lowest BCUT2D eigenvalue weighted by Crippen LogP contribution is -2.04. The summed E-state index contributed by atoms with van der Waals surface area (Å²) in [4.78, 5) is 21.1. The summed E-state index contributed by atoms with van der Waals surface area (Å²) in [5.74, 6) is -0.247. The van der Waals surface area contributed by atoms with E-state index in [0.717, 1.165) is 25.5 Å². The summed E-state index contributed by atoms with van der Waals surface area (Å²) >= 11 is 0. The average molecular weight is 198 g/mol. The smallest absolute Gasteiger partial charge is 0.333 e. The Labute approximate surface area is 85.1 Å². The Hall–Kier alpha value is -1.12. The maximum Gasteiger partial charge on any atom is 0.333 e. The molecule has 0 unspecified atom stereocenters. The van der Waals surface area contributed by atoms with Gasteiger partial charge in [-0.3, -0.25) is 0 Å². The molecule has 0 aromatic carbocycles. The molecule has 3 heteroatoms. The summed E-state index contributed by atoms with van der Waals surface area (Å²) in [7, 11) is 0. The van der Waals surface area contributed by atoms with E-state index in [2.05, 4.69) is 0 Å². The second-order valence-corrected chi connectivity index (χ2v) is 3.06. The fraction of sp³-hybridized carbons (Fsp3) is 0.636. The monoisotopic (exact) mass is 198 g/mol. The molecule has 0 radical (unpaired) electrons. The van der Waals surface area contributed by atoms with Gasteiger partial charge in [0.25, 0.3) is 0 Å². The Bertz CT molecular complexity index is 207. The van der Waals surface area contributed by atoms with E-state index >= 15 is 0 Å². The van der Waals surface area contributed by atoms with E-state index in [0.29, 0.717) is 18.6 Å². The first-order chi connectivity index (χ1) is 6.72. The lowest BCUT2D eigenvalue weighted by molar-refractivity contribution is -0.138. The van der Waals surface area contributed by atoms with Crippen molar-refractivity contribution in [1.29, 1.82) is 0 Å². The zero-order valence-corrected chi connectivity index (χ0v) is 8.91. The molecule has 0 aliphatic heterocycles. The number of hydrogen-bond acceptors (Lipinski definition) is 3. The molecule has 0 spiro atoms. The minimum absolute atomic E-state index is 0.247. The highest BCUT2D eigenvalue weighted by atomic mass is 16.5. The molecule has 14 heavy (non-hydrogen) atoms. The van der Waals surface area contributed by atoms with Gasteiger partial charge in [0.2, 0.25) is 0 Å². The standard InChI is InChI=1S/C11H18O3/c1-3-14-11(13)10(2)8-6-4-5-7-9-12/h8-9H,3-7H2,1-2H3/b10-8+. The molecule has 0 aromatic rings. The van der Waals surface area contributed by atoms with Gasteiger partial charge in [0.1, 0.15) is 6.29 Å². The molecule has 0 atom stereocenters. The van der Waals surface area contributed by atoms with Crippen LogP contribution in [0.25, 0.3) is 0 Å². The molecule has 0 saturated heterocycles. The van der Waals surface area contributed by atoms with E-state index in [9.17, 15) is 9.59 Å². The van der Waals surface area contributed by atoms with Gasteiger partial charge >= 0.3 is 5.97 Å². The molecule has 0 bridgehead atoms. The highest BCUT2D eigenvalue weighted by molar-refractivity contribution is 5.87. The van der Waals surface area contributed by atoms with Gasteiger partial charge in [-0.05, 0) is 33.1 Å². The Kier molecular flexibility index (Phi) is 7.80. The van der Waals surface area contributed by atoms with Crippen LogP contribution in [0.4, 0.5) is 0 Å². The first-order valence-corrected chi connectivity index (χ1v) is 4.99. The highest BCUT2D eigenvalue weighted by Crippen LogP contribution is 2.04. The van der Waals surface area contributed by atoms with E-state index in [1.165, 1.54) is 0 Å². The van der Waals surface area contributed by atoms with Crippen LogP contribution in [0.3, 0.4) is 0 Å². The van der Waals surface area contributed by atoms with Crippen LogP contribution in [0.2, 0.25) is 0 Å². The van der Waals surface area contributed by atoms with Crippen LogP contribution in [0.5, 0.6) is 0 Å². The molecule has 0 saturated carbocycles. The van der Waals surface area contributed by atoms with Crippen LogP contribution in [-0.2, 0) is 14.3 Å². The third-order valence-electron chi connectivity index (χ3n) is 1.82. The summed E-state index contributed by atoms with van der Waals surface area (Å²) in [6, 6.07) is 0. The van der Waals surface area contributed by atoms with Gasteiger partial charge in [0, 0.05) is 12.0 Å². The van der Waals surface area contributed by atoms with E-state index in [4.69, 9.17) is 4.74 Å². The van der Waals surface area contributed by atoms with E-state index in [1.807, 2.05) is 6.08 Å². The van der Waals surface area contributed by atoms with Crippen molar-refractivity contribution in [2.24, 2.45) is 0 Å². The van der Waals surface area contributed by atoms with Crippen LogP contribution >= 0.6 is 0 Å². The summed E-state index contributed by atoms with van der Waals surface area (Å²) in [6.45, 7) is 3.95. The van der Waals surface area contributed by atoms with Crippen LogP contribution in [-0.4, -0.2) is 18.9 Å². The van der Waals surface area contributed by atoms with Crippen molar-refractivity contribution in [1.82, 2.24) is 0 Å². The zero-order valence-electron chi connectivity index (χ0n) is 8.91. The van der Waals surface area contributed by atoms with Gasteiger partial charge in [-0.1, -0.05) is 6.08 Å². The number of rotatable bonds is 7. The largest absolute Gasteiger partial charge is 0.463 e. The number of carbonyl (C=O) groups excluding carboxylic acids is 2. The first-order valence-electron chi connectivity index (χ1n) is 4.99. The van der Waals surface area contributed by atoms with E-state index in [-0.39, 0.29) is 5.97 Å². The number of ether oxygens (including phenoxy) is 1. The fourth-order valence-corrected chi connectivity index (χ4v) is 1.02. The Morgan fingerprint density at radius 2 is 1.93 bits per heavy atom. The Balaban J connectivity index is 3.64. The van der Waals surface area contributed by atoms with Gasteiger partial charge in [-0.25, -0.2) is 4.79 Å². The van der Waals surface area contributed by atoms with Gasteiger partial charge in [0.15, 0.2) is 0 Å². The maximum absolute atomic E-state index is 11.1. The molecule has 0 heterocycles. The van der Waals surface area contributed by atoms with Crippen molar-refractivity contribution in [3.8, 4) is 0 Å². The van der Waals surface area contributed by atoms with Crippen LogP contribution in [0.15, 0.2) is 11.6 Å². The third kappa shape index (κ3) is 6.40. The topological polar surface area (TPSA) is 43.4 Å². The summed E-state index contributed by atoms with van der Waals surface area (Å²) in [6.07, 6.45) is 6.04. The molecule has 3 nitrogen and oxygen atoms in total. The van der Waals surface area contributed by atoms with Crippen molar-refractivity contribution < 1.29 is 14.3 Å². The van der Waals surface area contributed by atoms with Crippen molar-refractivity contribution >= 4 is 12.3 Å². The molecule has 0 aromatic heterocycles. The van der Waals surface area contributed by atoms with Crippen LogP contribution in [0, 0.1) is 0 Å². The molecule has 0 aliphatic carbocycles. The number of aldehydes is 1. The fourth-order valence-electron chi connectivity index (χ4n) is 1.02. The van der Waals surface area contributed by atoms with Gasteiger partial charge < -0.3 is 9.53 Å². The first kappa shape index (κ1) is 12.9. The lowest BCUT2D eigenvalue weighted by Gasteiger charge is -2.00. The molecule has 0 amide bonds. The highest BCUT2D eigenvalue weighted by Gasteiger charge is 2.02. The minimum Gasteiger partial charge on any atom is -0.463 e. The summed E-state index contributed by atoms with van der Waals surface area (Å²) in [5.41, 5.74) is 0.651. The second kappa shape index (κ2) is 8.48. The molecular formula is C11H18O3. The number of hydrogen-bond donors (Lipinski definition) is 0. The van der Waals surface area contributed by atoms with Crippen LogP contribution in [0.1, 0.15) is 39.5 Å². The Morgan fingerprint density at radius 1 is 1.29 bits per heavy atom. The van der Waals surface area contributed by atoms with Gasteiger partial charge in [-0.15, -0.1) is 0 Å². The van der Waals surface area contributed by atoms with E-state index < -0.39 is 0 Å². The lowest BCUT2D eigenvalue weighted by atomic mass is 10.1. The molecular weight excluding hydrogens is 180 g/mol. The predicted molar refractivity (Wildman–Crippen MR) is 54.9 cm³/mol. The second-order valence-electron chi connectivity index (χ2n) is 3.06. The maximum atomic E-state index is 11.1. The average Bonchev–Trinajstić information content (AvgIpc) is 2.17. The Morgan fingerprint density at radius 3 is 2.50 bits per heavy atom.